The molecular formula is C16H23Cl2N3O2. The molecule has 1 fully saturated rings. The Balaban J connectivity index is 0.00000264. The minimum Gasteiger partial charge on any atom is -0.335 e. The maximum atomic E-state index is 12.2. The summed E-state index contributed by atoms with van der Waals surface area (Å²) in [5, 5.41) is 0.680. The Labute approximate surface area is 148 Å². The molecule has 1 aliphatic heterocycles. The molecule has 0 spiro atoms. The van der Waals surface area contributed by atoms with E-state index in [4.69, 9.17) is 17.3 Å². The van der Waals surface area contributed by atoms with Crippen molar-refractivity contribution < 1.29 is 9.59 Å². The van der Waals surface area contributed by atoms with E-state index in [1.54, 1.807) is 9.80 Å². The number of carbonyl (C=O) groups excluding carboxylic acids is 2. The number of halogens is 2. The highest BCUT2D eigenvalue weighted by Gasteiger charge is 2.26. The van der Waals surface area contributed by atoms with Crippen LogP contribution in [0.2, 0.25) is 5.02 Å². The molecule has 0 aromatic heterocycles. The lowest BCUT2D eigenvalue weighted by molar-refractivity contribution is -0.145. The van der Waals surface area contributed by atoms with Crippen molar-refractivity contribution in [1.82, 2.24) is 9.80 Å². The minimum absolute atomic E-state index is 0. The summed E-state index contributed by atoms with van der Waals surface area (Å²) in [6.07, 6.45) is 1.06. The Morgan fingerprint density at radius 2 is 1.96 bits per heavy atom. The van der Waals surface area contributed by atoms with Gasteiger partial charge in [-0.3, -0.25) is 9.59 Å². The van der Waals surface area contributed by atoms with E-state index in [2.05, 4.69) is 0 Å². The molecule has 1 atom stereocenters. The molecule has 2 N–H and O–H groups in total. The first kappa shape index (κ1) is 19.7. The first-order valence-corrected chi connectivity index (χ1v) is 7.89. The second-order valence-corrected chi connectivity index (χ2v) is 6.21. The zero-order chi connectivity index (χ0) is 16.1. The van der Waals surface area contributed by atoms with Gasteiger partial charge in [0.05, 0.1) is 6.54 Å². The summed E-state index contributed by atoms with van der Waals surface area (Å²) >= 11 is 5.86. The highest BCUT2D eigenvalue weighted by atomic mass is 35.5. The smallest absolute Gasteiger partial charge is 0.242 e. The number of nitrogens with zero attached hydrogens (tertiary/aromatic N) is 2. The number of hydrogen-bond donors (Lipinski definition) is 1. The molecule has 0 aliphatic carbocycles. The fourth-order valence-corrected chi connectivity index (χ4v) is 2.53. The Hall–Kier alpha value is -1.30. The molecule has 1 aromatic rings. The lowest BCUT2D eigenvalue weighted by atomic mass is 10.1. The van der Waals surface area contributed by atoms with Crippen LogP contribution >= 0.6 is 24.0 Å². The number of amides is 2. The maximum Gasteiger partial charge on any atom is 0.242 e. The second-order valence-electron chi connectivity index (χ2n) is 5.77. The van der Waals surface area contributed by atoms with Crippen LogP contribution in [0.15, 0.2) is 24.3 Å². The Morgan fingerprint density at radius 1 is 1.30 bits per heavy atom. The van der Waals surface area contributed by atoms with Gasteiger partial charge in [0.25, 0.3) is 0 Å². The van der Waals surface area contributed by atoms with Crippen molar-refractivity contribution in [2.75, 3.05) is 19.6 Å². The number of nitrogens with two attached hydrogens (primary N) is 1. The molecule has 2 amide bonds. The molecule has 5 nitrogen and oxygen atoms in total. The van der Waals surface area contributed by atoms with Crippen LogP contribution in [-0.2, 0) is 16.1 Å². The van der Waals surface area contributed by atoms with Gasteiger partial charge >= 0.3 is 0 Å². The molecule has 1 unspecified atom stereocenters. The van der Waals surface area contributed by atoms with Gasteiger partial charge < -0.3 is 15.5 Å². The predicted molar refractivity (Wildman–Crippen MR) is 93.6 cm³/mol. The number of carbonyl (C=O) groups is 2. The maximum absolute atomic E-state index is 12.2. The third-order valence-corrected chi connectivity index (χ3v) is 4.02. The standard InChI is InChI=1S/C16H22ClN3O2.ClH/c1-12(18)2-7-15(21)20-9-8-19(16(22)11-20)10-13-3-5-14(17)6-4-13;/h3-6,12H,2,7-11,18H2,1H3;1H. The monoisotopic (exact) mass is 359 g/mol. The highest BCUT2D eigenvalue weighted by molar-refractivity contribution is 6.30. The summed E-state index contributed by atoms with van der Waals surface area (Å²) in [6.45, 7) is 3.73. The van der Waals surface area contributed by atoms with Crippen LogP contribution in [0.25, 0.3) is 0 Å². The summed E-state index contributed by atoms with van der Waals surface area (Å²) in [5.41, 5.74) is 6.70. The molecule has 2 rings (SSSR count). The van der Waals surface area contributed by atoms with Crippen molar-refractivity contribution in [2.24, 2.45) is 5.73 Å². The van der Waals surface area contributed by atoms with Crippen LogP contribution in [0.4, 0.5) is 0 Å². The first-order chi connectivity index (χ1) is 10.5. The average Bonchev–Trinajstić information content (AvgIpc) is 2.49. The number of rotatable bonds is 5. The third-order valence-electron chi connectivity index (χ3n) is 3.77. The predicted octanol–water partition coefficient (Wildman–Crippen LogP) is 2.06. The van der Waals surface area contributed by atoms with Crippen LogP contribution in [0.5, 0.6) is 0 Å². The number of hydrogen-bond acceptors (Lipinski definition) is 3. The normalized spacial score (nSPS) is 16.0. The Bertz CT molecular complexity index is 535. The summed E-state index contributed by atoms with van der Waals surface area (Å²) < 4.78 is 0. The highest BCUT2D eigenvalue weighted by Crippen LogP contribution is 2.14. The van der Waals surface area contributed by atoms with Crippen LogP contribution in [-0.4, -0.2) is 47.3 Å². The minimum atomic E-state index is -0.0182. The van der Waals surface area contributed by atoms with Crippen LogP contribution < -0.4 is 5.73 Å². The molecule has 7 heteroatoms. The van der Waals surface area contributed by atoms with Crippen LogP contribution in [0.3, 0.4) is 0 Å². The van der Waals surface area contributed by atoms with E-state index >= 15 is 0 Å². The van der Waals surface area contributed by atoms with Crippen molar-refractivity contribution in [3.8, 4) is 0 Å². The van der Waals surface area contributed by atoms with Crippen molar-refractivity contribution in [1.29, 1.82) is 0 Å². The average molecular weight is 360 g/mol. The quantitative estimate of drug-likeness (QED) is 0.874. The van der Waals surface area contributed by atoms with Crippen molar-refractivity contribution in [3.05, 3.63) is 34.9 Å². The SMILES string of the molecule is CC(N)CCC(=O)N1CCN(Cc2ccc(Cl)cc2)C(=O)C1.Cl. The molecule has 23 heavy (non-hydrogen) atoms. The molecule has 1 saturated heterocycles. The molecule has 1 aliphatic rings. The zero-order valence-electron chi connectivity index (χ0n) is 13.2. The van der Waals surface area contributed by atoms with Crippen molar-refractivity contribution >= 4 is 35.8 Å². The largest absolute Gasteiger partial charge is 0.335 e. The van der Waals surface area contributed by atoms with Gasteiger partial charge in [0, 0.05) is 37.1 Å². The number of benzene rings is 1. The lowest BCUT2D eigenvalue weighted by Crippen LogP contribution is -2.51. The fourth-order valence-electron chi connectivity index (χ4n) is 2.41. The Morgan fingerprint density at radius 3 is 2.52 bits per heavy atom. The van der Waals surface area contributed by atoms with Gasteiger partial charge in [-0.1, -0.05) is 23.7 Å². The molecule has 0 radical (unpaired) electrons. The van der Waals surface area contributed by atoms with Gasteiger partial charge in [-0.25, -0.2) is 0 Å². The zero-order valence-corrected chi connectivity index (χ0v) is 14.8. The molecule has 1 heterocycles. The van der Waals surface area contributed by atoms with E-state index in [1.165, 1.54) is 0 Å². The van der Waals surface area contributed by atoms with E-state index in [1.807, 2.05) is 31.2 Å². The van der Waals surface area contributed by atoms with Gasteiger partial charge in [-0.15, -0.1) is 12.4 Å². The van der Waals surface area contributed by atoms with Crippen molar-refractivity contribution in [2.45, 2.75) is 32.4 Å². The van der Waals surface area contributed by atoms with Gasteiger partial charge in [0.2, 0.25) is 11.8 Å². The molecule has 0 saturated carbocycles. The van der Waals surface area contributed by atoms with Crippen LogP contribution in [0, 0.1) is 0 Å². The van der Waals surface area contributed by atoms with E-state index < -0.39 is 0 Å². The molecular weight excluding hydrogens is 337 g/mol. The van der Waals surface area contributed by atoms with Gasteiger partial charge in [0.1, 0.15) is 0 Å². The van der Waals surface area contributed by atoms with Gasteiger partial charge in [-0.05, 0) is 31.0 Å². The molecule has 0 bridgehead atoms. The van der Waals surface area contributed by atoms with Gasteiger partial charge in [-0.2, -0.15) is 0 Å². The van der Waals surface area contributed by atoms with E-state index in [-0.39, 0.29) is 36.8 Å². The second kappa shape index (κ2) is 9.11. The number of piperazine rings is 1. The van der Waals surface area contributed by atoms with Gasteiger partial charge in [0.15, 0.2) is 0 Å². The summed E-state index contributed by atoms with van der Waals surface area (Å²) in [5.74, 6) is -0.00728. The third kappa shape index (κ3) is 6.01. The van der Waals surface area contributed by atoms with Crippen LogP contribution in [0.1, 0.15) is 25.3 Å². The van der Waals surface area contributed by atoms with E-state index in [0.29, 0.717) is 37.5 Å². The van der Waals surface area contributed by atoms with E-state index in [0.717, 1.165) is 5.56 Å². The fraction of sp³-hybridized carbons (Fsp3) is 0.500. The van der Waals surface area contributed by atoms with Crippen molar-refractivity contribution in [3.63, 3.8) is 0 Å². The summed E-state index contributed by atoms with van der Waals surface area (Å²) in [6, 6.07) is 7.46. The summed E-state index contributed by atoms with van der Waals surface area (Å²) in [4.78, 5) is 27.6. The lowest BCUT2D eigenvalue weighted by Gasteiger charge is -2.34. The molecule has 1 aromatic carbocycles. The topological polar surface area (TPSA) is 66.6 Å². The molecule has 128 valence electrons. The summed E-state index contributed by atoms with van der Waals surface area (Å²) in [7, 11) is 0. The van der Waals surface area contributed by atoms with E-state index in [9.17, 15) is 9.59 Å². The Kier molecular flexibility index (Phi) is 7.82. The first-order valence-electron chi connectivity index (χ1n) is 7.51.